The number of rotatable bonds is 10. The van der Waals surface area contributed by atoms with Gasteiger partial charge in [0, 0.05) is 51.9 Å². The van der Waals surface area contributed by atoms with Crippen LogP contribution in [0.25, 0.3) is 0 Å². The quantitative estimate of drug-likeness (QED) is 0.489. The SMILES string of the molecule is COCCNC(=O)CN1CCN(c2ccc(NC(=O)CC(C)C)c(C(=O)O)c2)CC1. The molecule has 1 aliphatic rings. The maximum atomic E-state index is 12.0. The topological polar surface area (TPSA) is 111 Å². The number of carboxylic acid groups (broad SMARTS) is 1. The number of aromatic carboxylic acids is 1. The highest BCUT2D eigenvalue weighted by molar-refractivity contribution is 6.01. The number of nitrogens with one attached hydrogen (secondary N) is 2. The van der Waals surface area contributed by atoms with Crippen LogP contribution in [0.2, 0.25) is 0 Å². The van der Waals surface area contributed by atoms with E-state index < -0.39 is 5.97 Å². The maximum absolute atomic E-state index is 12.0. The van der Waals surface area contributed by atoms with Crippen LogP contribution in [0.15, 0.2) is 18.2 Å². The molecule has 0 aromatic heterocycles. The van der Waals surface area contributed by atoms with Gasteiger partial charge in [0.1, 0.15) is 0 Å². The third-order valence-corrected chi connectivity index (χ3v) is 4.83. The molecular weight excluding hydrogens is 388 g/mol. The van der Waals surface area contributed by atoms with E-state index in [0.717, 1.165) is 5.69 Å². The van der Waals surface area contributed by atoms with Crippen molar-refractivity contribution < 1.29 is 24.2 Å². The summed E-state index contributed by atoms with van der Waals surface area (Å²) >= 11 is 0. The zero-order valence-corrected chi connectivity index (χ0v) is 17.9. The Morgan fingerprint density at radius 3 is 2.43 bits per heavy atom. The summed E-state index contributed by atoms with van der Waals surface area (Å²) in [5.74, 6) is -1.12. The molecule has 30 heavy (non-hydrogen) atoms. The van der Waals surface area contributed by atoms with Gasteiger partial charge < -0.3 is 25.4 Å². The van der Waals surface area contributed by atoms with Crippen LogP contribution in [0, 0.1) is 5.92 Å². The largest absolute Gasteiger partial charge is 0.478 e. The molecule has 0 atom stereocenters. The van der Waals surface area contributed by atoms with Gasteiger partial charge in [-0.2, -0.15) is 0 Å². The molecule has 0 aliphatic carbocycles. The van der Waals surface area contributed by atoms with E-state index in [1.165, 1.54) is 0 Å². The Kier molecular flexibility index (Phi) is 9.07. The lowest BCUT2D eigenvalue weighted by molar-refractivity contribution is -0.122. The third kappa shape index (κ3) is 7.31. The number of anilines is 2. The molecule has 0 saturated carbocycles. The normalized spacial score (nSPS) is 14.6. The van der Waals surface area contributed by atoms with Crippen molar-refractivity contribution >= 4 is 29.2 Å². The highest BCUT2D eigenvalue weighted by atomic mass is 16.5. The van der Waals surface area contributed by atoms with Gasteiger partial charge in [0.05, 0.1) is 24.4 Å². The number of carboxylic acids is 1. The second kappa shape index (κ2) is 11.5. The van der Waals surface area contributed by atoms with Gasteiger partial charge in [0.15, 0.2) is 0 Å². The summed E-state index contributed by atoms with van der Waals surface area (Å²) in [6.07, 6.45) is 0.335. The van der Waals surface area contributed by atoms with E-state index >= 15 is 0 Å². The molecule has 0 bridgehead atoms. The van der Waals surface area contributed by atoms with Crippen molar-refractivity contribution in [2.75, 3.05) is 63.2 Å². The predicted molar refractivity (Wildman–Crippen MR) is 115 cm³/mol. The molecule has 9 nitrogen and oxygen atoms in total. The zero-order chi connectivity index (χ0) is 22.1. The maximum Gasteiger partial charge on any atom is 0.337 e. The number of amides is 2. The van der Waals surface area contributed by atoms with E-state index in [1.54, 1.807) is 19.2 Å². The minimum absolute atomic E-state index is 0.0323. The minimum atomic E-state index is -1.08. The van der Waals surface area contributed by atoms with E-state index in [2.05, 4.69) is 20.4 Å². The Morgan fingerprint density at radius 1 is 1.13 bits per heavy atom. The number of methoxy groups -OCH3 is 1. The van der Waals surface area contributed by atoms with Gasteiger partial charge in [-0.05, 0) is 24.1 Å². The second-order valence-electron chi connectivity index (χ2n) is 7.79. The number of nitrogens with zero attached hydrogens (tertiary/aromatic N) is 2. The first-order chi connectivity index (χ1) is 14.3. The first-order valence-corrected chi connectivity index (χ1v) is 10.2. The number of hydrogen-bond acceptors (Lipinski definition) is 6. The Bertz CT molecular complexity index is 745. The molecule has 3 N–H and O–H groups in total. The smallest absolute Gasteiger partial charge is 0.337 e. The van der Waals surface area contributed by atoms with Crippen LogP contribution in [0.1, 0.15) is 30.6 Å². The van der Waals surface area contributed by atoms with Crippen LogP contribution < -0.4 is 15.5 Å². The van der Waals surface area contributed by atoms with Gasteiger partial charge >= 0.3 is 5.97 Å². The average Bonchev–Trinajstić information content (AvgIpc) is 2.68. The Balaban J connectivity index is 1.95. The molecule has 1 aromatic carbocycles. The van der Waals surface area contributed by atoms with Gasteiger partial charge in [-0.3, -0.25) is 14.5 Å². The van der Waals surface area contributed by atoms with Crippen LogP contribution in [0.3, 0.4) is 0 Å². The van der Waals surface area contributed by atoms with Gasteiger partial charge in [-0.25, -0.2) is 4.79 Å². The molecule has 1 aliphatic heterocycles. The van der Waals surface area contributed by atoms with Gasteiger partial charge in [-0.15, -0.1) is 0 Å². The van der Waals surface area contributed by atoms with E-state index in [0.29, 0.717) is 58.0 Å². The fraction of sp³-hybridized carbons (Fsp3) is 0.571. The van der Waals surface area contributed by atoms with E-state index in [-0.39, 0.29) is 23.3 Å². The Hall–Kier alpha value is -2.65. The zero-order valence-electron chi connectivity index (χ0n) is 17.9. The second-order valence-corrected chi connectivity index (χ2v) is 7.79. The van der Waals surface area contributed by atoms with Crippen LogP contribution in [0.4, 0.5) is 11.4 Å². The fourth-order valence-corrected chi connectivity index (χ4v) is 3.30. The van der Waals surface area contributed by atoms with E-state index in [1.807, 2.05) is 19.9 Å². The molecule has 9 heteroatoms. The summed E-state index contributed by atoms with van der Waals surface area (Å²) in [4.78, 5) is 39.8. The number of carbonyl (C=O) groups is 3. The van der Waals surface area contributed by atoms with E-state index in [4.69, 9.17) is 4.74 Å². The Labute approximate surface area is 177 Å². The summed E-state index contributed by atoms with van der Waals surface area (Å²) in [5.41, 5.74) is 1.17. The van der Waals surface area contributed by atoms with Crippen LogP contribution in [-0.2, 0) is 14.3 Å². The summed E-state index contributed by atoms with van der Waals surface area (Å²) in [6, 6.07) is 5.07. The monoisotopic (exact) mass is 420 g/mol. The Morgan fingerprint density at radius 2 is 1.83 bits per heavy atom. The van der Waals surface area contributed by atoms with Crippen molar-refractivity contribution in [3.05, 3.63) is 23.8 Å². The highest BCUT2D eigenvalue weighted by Crippen LogP contribution is 2.25. The summed E-state index contributed by atoms with van der Waals surface area (Å²) < 4.78 is 4.92. The molecule has 1 aromatic rings. The molecule has 2 amide bonds. The predicted octanol–water partition coefficient (Wildman–Crippen LogP) is 1.25. The molecule has 0 unspecified atom stereocenters. The van der Waals surface area contributed by atoms with Crippen molar-refractivity contribution in [3.63, 3.8) is 0 Å². The number of hydrogen-bond donors (Lipinski definition) is 3. The standard InChI is InChI=1S/C21H32N4O5/c1-15(2)12-19(26)23-18-5-4-16(13-17(18)21(28)29)25-9-7-24(8-10-25)14-20(27)22-6-11-30-3/h4-5,13,15H,6-12,14H2,1-3H3,(H,22,27)(H,23,26)(H,28,29). The van der Waals surface area contributed by atoms with Crippen molar-refractivity contribution in [1.82, 2.24) is 10.2 Å². The van der Waals surface area contributed by atoms with Crippen molar-refractivity contribution in [2.45, 2.75) is 20.3 Å². The minimum Gasteiger partial charge on any atom is -0.478 e. The molecule has 1 saturated heterocycles. The lowest BCUT2D eigenvalue weighted by atomic mass is 10.1. The number of ether oxygens (including phenoxy) is 1. The lowest BCUT2D eigenvalue weighted by Gasteiger charge is -2.36. The van der Waals surface area contributed by atoms with Gasteiger partial charge in [0.25, 0.3) is 0 Å². The number of benzene rings is 1. The molecular formula is C21H32N4O5. The summed E-state index contributed by atoms with van der Waals surface area (Å²) in [7, 11) is 1.59. The average molecular weight is 421 g/mol. The summed E-state index contributed by atoms with van der Waals surface area (Å²) in [6.45, 7) is 7.95. The fourth-order valence-electron chi connectivity index (χ4n) is 3.30. The number of carbonyl (C=O) groups excluding carboxylic acids is 2. The molecule has 1 heterocycles. The molecule has 2 rings (SSSR count). The molecule has 1 fully saturated rings. The first kappa shape index (κ1) is 23.6. The van der Waals surface area contributed by atoms with Crippen LogP contribution in [-0.4, -0.2) is 80.8 Å². The van der Waals surface area contributed by atoms with E-state index in [9.17, 15) is 19.5 Å². The van der Waals surface area contributed by atoms with Crippen molar-refractivity contribution in [1.29, 1.82) is 0 Å². The van der Waals surface area contributed by atoms with Gasteiger partial charge in [0.2, 0.25) is 11.8 Å². The molecule has 0 spiro atoms. The van der Waals surface area contributed by atoms with Crippen LogP contribution >= 0.6 is 0 Å². The lowest BCUT2D eigenvalue weighted by Crippen LogP contribution is -2.49. The van der Waals surface area contributed by atoms with Crippen molar-refractivity contribution in [3.8, 4) is 0 Å². The first-order valence-electron chi connectivity index (χ1n) is 10.2. The van der Waals surface area contributed by atoms with Crippen molar-refractivity contribution in [2.24, 2.45) is 5.92 Å². The summed E-state index contributed by atoms with van der Waals surface area (Å²) in [5, 5.41) is 15.1. The third-order valence-electron chi connectivity index (χ3n) is 4.83. The highest BCUT2D eigenvalue weighted by Gasteiger charge is 2.21. The molecule has 0 radical (unpaired) electrons. The van der Waals surface area contributed by atoms with Crippen LogP contribution in [0.5, 0.6) is 0 Å². The van der Waals surface area contributed by atoms with Gasteiger partial charge in [-0.1, -0.05) is 13.8 Å². The number of piperazine rings is 1. The molecule has 166 valence electrons.